The average Bonchev–Trinajstić information content (AvgIpc) is 2.41. The van der Waals surface area contributed by atoms with E-state index in [1.807, 2.05) is 20.9 Å². The molecule has 22 heavy (non-hydrogen) atoms. The zero-order chi connectivity index (χ0) is 16.7. The van der Waals surface area contributed by atoms with Crippen molar-refractivity contribution in [2.75, 3.05) is 25.0 Å². The lowest BCUT2D eigenvalue weighted by Crippen LogP contribution is -2.55. The van der Waals surface area contributed by atoms with Crippen LogP contribution in [0.2, 0.25) is 0 Å². The molecule has 2 atom stereocenters. The first-order chi connectivity index (χ1) is 10.1. The standard InChI is InChI=1S/C14H18F3N3O2/c1-9-8-19(10(2)7-18(9)3)13-5-4-11(20(21)22)6-12(13)14(15,16)17/h4-6,9-10H,7-8H2,1-3H3/t9-,10+/m0/s1. The molecule has 0 aliphatic carbocycles. The number of alkyl halides is 3. The minimum absolute atomic E-state index is 0.00514. The Labute approximate surface area is 126 Å². The van der Waals surface area contributed by atoms with Gasteiger partial charge in [0.2, 0.25) is 0 Å². The number of nitro groups is 1. The van der Waals surface area contributed by atoms with Gasteiger partial charge in [-0.25, -0.2) is 0 Å². The maximum atomic E-state index is 13.3. The van der Waals surface area contributed by atoms with Crippen molar-refractivity contribution in [1.29, 1.82) is 0 Å². The Balaban J connectivity index is 2.48. The van der Waals surface area contributed by atoms with Crippen molar-refractivity contribution in [3.8, 4) is 0 Å². The summed E-state index contributed by atoms with van der Waals surface area (Å²) in [6.45, 7) is 4.87. The van der Waals surface area contributed by atoms with Gasteiger partial charge in [0.1, 0.15) is 0 Å². The van der Waals surface area contributed by atoms with Crippen LogP contribution in [0.1, 0.15) is 19.4 Å². The molecule has 1 aromatic rings. The summed E-state index contributed by atoms with van der Waals surface area (Å²) >= 11 is 0. The smallest absolute Gasteiger partial charge is 0.365 e. The molecular weight excluding hydrogens is 299 g/mol. The van der Waals surface area contributed by atoms with E-state index in [1.54, 1.807) is 4.90 Å². The van der Waals surface area contributed by atoms with Crippen molar-refractivity contribution in [3.63, 3.8) is 0 Å². The maximum Gasteiger partial charge on any atom is 0.418 e. The third kappa shape index (κ3) is 3.16. The minimum Gasteiger partial charge on any atom is -0.365 e. The largest absolute Gasteiger partial charge is 0.418 e. The van der Waals surface area contributed by atoms with Gasteiger partial charge in [-0.05, 0) is 27.0 Å². The van der Waals surface area contributed by atoms with E-state index in [1.165, 1.54) is 6.07 Å². The molecule has 1 heterocycles. The van der Waals surface area contributed by atoms with Crippen LogP contribution in [0.4, 0.5) is 24.5 Å². The molecule has 5 nitrogen and oxygen atoms in total. The minimum atomic E-state index is -4.63. The average molecular weight is 317 g/mol. The van der Waals surface area contributed by atoms with Gasteiger partial charge in [0, 0.05) is 43.0 Å². The summed E-state index contributed by atoms with van der Waals surface area (Å²) in [7, 11) is 1.93. The molecule has 0 amide bonds. The van der Waals surface area contributed by atoms with Crippen LogP contribution in [0.15, 0.2) is 18.2 Å². The number of hydrogen-bond acceptors (Lipinski definition) is 4. The highest BCUT2D eigenvalue weighted by Crippen LogP contribution is 2.40. The molecule has 8 heteroatoms. The molecule has 122 valence electrons. The number of likely N-dealkylation sites (N-methyl/N-ethyl adjacent to an activating group) is 1. The van der Waals surface area contributed by atoms with Gasteiger partial charge in [-0.3, -0.25) is 15.0 Å². The van der Waals surface area contributed by atoms with Gasteiger partial charge in [0.15, 0.2) is 0 Å². The molecule has 1 saturated heterocycles. The van der Waals surface area contributed by atoms with Crippen molar-refractivity contribution in [2.45, 2.75) is 32.1 Å². The number of anilines is 1. The molecule has 0 N–H and O–H groups in total. The second kappa shape index (κ2) is 5.75. The summed E-state index contributed by atoms with van der Waals surface area (Å²) < 4.78 is 39.9. The van der Waals surface area contributed by atoms with Crippen LogP contribution in [0.25, 0.3) is 0 Å². The Morgan fingerprint density at radius 3 is 2.41 bits per heavy atom. The van der Waals surface area contributed by atoms with Crippen LogP contribution in [-0.2, 0) is 6.18 Å². The van der Waals surface area contributed by atoms with Crippen LogP contribution in [0.3, 0.4) is 0 Å². The van der Waals surface area contributed by atoms with Crippen LogP contribution < -0.4 is 4.90 Å². The first kappa shape index (κ1) is 16.5. The number of halogens is 3. The first-order valence-electron chi connectivity index (χ1n) is 6.93. The monoisotopic (exact) mass is 317 g/mol. The van der Waals surface area contributed by atoms with Crippen molar-refractivity contribution in [3.05, 3.63) is 33.9 Å². The molecule has 0 radical (unpaired) electrons. The van der Waals surface area contributed by atoms with E-state index in [0.29, 0.717) is 19.2 Å². The Bertz CT molecular complexity index is 577. The molecule has 0 aromatic heterocycles. The highest BCUT2D eigenvalue weighted by Gasteiger charge is 2.38. The lowest BCUT2D eigenvalue weighted by molar-refractivity contribution is -0.385. The normalized spacial score (nSPS) is 23.6. The lowest BCUT2D eigenvalue weighted by atomic mass is 10.0. The Hall–Kier alpha value is -1.83. The quantitative estimate of drug-likeness (QED) is 0.621. The number of nitrogens with zero attached hydrogens (tertiary/aromatic N) is 3. The molecular formula is C14H18F3N3O2. The molecule has 1 aromatic carbocycles. The van der Waals surface area contributed by atoms with Gasteiger partial charge in [0.25, 0.3) is 5.69 Å². The number of benzene rings is 1. The number of rotatable bonds is 2. The highest BCUT2D eigenvalue weighted by molar-refractivity contribution is 5.60. The van der Waals surface area contributed by atoms with Crippen LogP contribution in [0.5, 0.6) is 0 Å². The molecule has 1 aliphatic heterocycles. The van der Waals surface area contributed by atoms with Crippen molar-refractivity contribution in [2.24, 2.45) is 0 Å². The van der Waals surface area contributed by atoms with E-state index in [-0.39, 0.29) is 17.8 Å². The van der Waals surface area contributed by atoms with Crippen LogP contribution in [0, 0.1) is 10.1 Å². The van der Waals surface area contributed by atoms with Crippen molar-refractivity contribution >= 4 is 11.4 Å². The molecule has 0 spiro atoms. The third-order valence-electron chi connectivity index (χ3n) is 4.10. The summed E-state index contributed by atoms with van der Waals surface area (Å²) in [5, 5.41) is 10.7. The molecule has 0 unspecified atom stereocenters. The topological polar surface area (TPSA) is 49.6 Å². The summed E-state index contributed by atoms with van der Waals surface area (Å²) in [6.07, 6.45) is -4.63. The van der Waals surface area contributed by atoms with Gasteiger partial charge in [0.05, 0.1) is 10.5 Å². The van der Waals surface area contributed by atoms with E-state index in [2.05, 4.69) is 4.90 Å². The zero-order valence-corrected chi connectivity index (χ0v) is 12.6. The Kier molecular flexibility index (Phi) is 4.32. The van der Waals surface area contributed by atoms with Gasteiger partial charge in [-0.15, -0.1) is 0 Å². The molecule has 1 fully saturated rings. The molecule has 2 rings (SSSR count). The van der Waals surface area contributed by atoms with Gasteiger partial charge >= 0.3 is 6.18 Å². The van der Waals surface area contributed by atoms with Crippen molar-refractivity contribution < 1.29 is 18.1 Å². The van der Waals surface area contributed by atoms with E-state index in [4.69, 9.17) is 0 Å². The summed E-state index contributed by atoms with van der Waals surface area (Å²) in [6, 6.07) is 2.94. The lowest BCUT2D eigenvalue weighted by Gasteiger charge is -2.44. The van der Waals surface area contributed by atoms with E-state index in [9.17, 15) is 23.3 Å². The molecule has 0 saturated carbocycles. The molecule has 1 aliphatic rings. The predicted molar refractivity (Wildman–Crippen MR) is 77.0 cm³/mol. The number of piperazine rings is 1. The first-order valence-corrected chi connectivity index (χ1v) is 6.93. The third-order valence-corrected chi connectivity index (χ3v) is 4.10. The number of non-ortho nitro benzene ring substituents is 1. The van der Waals surface area contributed by atoms with Crippen LogP contribution >= 0.6 is 0 Å². The van der Waals surface area contributed by atoms with E-state index in [0.717, 1.165) is 6.07 Å². The van der Waals surface area contributed by atoms with E-state index >= 15 is 0 Å². The number of nitro benzene ring substituents is 1. The highest BCUT2D eigenvalue weighted by atomic mass is 19.4. The fraction of sp³-hybridized carbons (Fsp3) is 0.571. The molecule has 0 bridgehead atoms. The van der Waals surface area contributed by atoms with Crippen molar-refractivity contribution in [1.82, 2.24) is 4.90 Å². The second-order valence-electron chi connectivity index (χ2n) is 5.75. The van der Waals surface area contributed by atoms with E-state index < -0.39 is 22.4 Å². The predicted octanol–water partition coefficient (Wildman–Crippen LogP) is 3.14. The second-order valence-corrected chi connectivity index (χ2v) is 5.75. The van der Waals surface area contributed by atoms with Gasteiger partial charge in [-0.1, -0.05) is 0 Å². The Morgan fingerprint density at radius 1 is 1.23 bits per heavy atom. The van der Waals surface area contributed by atoms with Gasteiger partial charge < -0.3 is 4.90 Å². The summed E-state index contributed by atoms with van der Waals surface area (Å²) in [4.78, 5) is 13.7. The van der Waals surface area contributed by atoms with Crippen LogP contribution in [-0.4, -0.2) is 42.0 Å². The van der Waals surface area contributed by atoms with Gasteiger partial charge in [-0.2, -0.15) is 13.2 Å². The SMILES string of the molecule is C[C@@H]1CN(C)[C@@H](C)CN1c1ccc([N+](=O)[O-])cc1C(F)(F)F. The zero-order valence-electron chi connectivity index (χ0n) is 12.6. The maximum absolute atomic E-state index is 13.3. The fourth-order valence-corrected chi connectivity index (χ4v) is 2.75. The summed E-state index contributed by atoms with van der Waals surface area (Å²) in [5.41, 5.74) is -1.50. The summed E-state index contributed by atoms with van der Waals surface area (Å²) in [5.74, 6) is 0. The fourth-order valence-electron chi connectivity index (χ4n) is 2.75. The Morgan fingerprint density at radius 2 is 1.86 bits per heavy atom. The number of hydrogen-bond donors (Lipinski definition) is 0.